The van der Waals surface area contributed by atoms with Gasteiger partial charge in [-0.25, -0.2) is 9.18 Å². The Morgan fingerprint density at radius 3 is 2.67 bits per heavy atom. The Morgan fingerprint density at radius 2 is 2.13 bits per heavy atom. The summed E-state index contributed by atoms with van der Waals surface area (Å²) in [5.41, 5.74) is 0.622. The molecule has 3 nitrogen and oxygen atoms in total. The number of hydrogen-bond acceptors (Lipinski definition) is 3. The second kappa shape index (κ2) is 4.71. The minimum absolute atomic E-state index is 0.0118. The maximum atomic E-state index is 13.2. The van der Waals surface area contributed by atoms with Crippen molar-refractivity contribution in [3.63, 3.8) is 0 Å². The first-order valence-corrected chi connectivity index (χ1v) is 4.59. The molecule has 0 aliphatic heterocycles. The van der Waals surface area contributed by atoms with Crippen molar-refractivity contribution in [1.29, 1.82) is 0 Å². The van der Waals surface area contributed by atoms with E-state index in [4.69, 9.17) is 4.74 Å². The molecule has 1 rings (SSSR count). The van der Waals surface area contributed by atoms with Gasteiger partial charge in [-0.15, -0.1) is 0 Å². The third kappa shape index (κ3) is 2.89. The predicted molar refractivity (Wildman–Crippen MR) is 54.7 cm³/mol. The summed E-state index contributed by atoms with van der Waals surface area (Å²) < 4.78 is 18.7. The van der Waals surface area contributed by atoms with Crippen LogP contribution < -0.4 is 4.74 Å². The van der Waals surface area contributed by atoms with E-state index in [1.807, 2.05) is 13.8 Å². The zero-order valence-corrected chi connectivity index (χ0v) is 8.87. The number of carbonyl (C=O) groups excluding carboxylic acids is 1. The highest BCUT2D eigenvalue weighted by Crippen LogP contribution is 2.28. The molecule has 0 spiro atoms. The Bertz CT molecular complexity index is 409. The molecule has 0 bridgehead atoms. The third-order valence-corrected chi connectivity index (χ3v) is 1.77. The van der Waals surface area contributed by atoms with Crippen LogP contribution in [0.1, 0.15) is 19.4 Å². The number of benzene rings is 1. The van der Waals surface area contributed by atoms with Crippen molar-refractivity contribution in [3.05, 3.63) is 23.5 Å². The van der Waals surface area contributed by atoms with Gasteiger partial charge in [-0.1, -0.05) is 0 Å². The second-order valence-corrected chi connectivity index (χ2v) is 3.44. The lowest BCUT2D eigenvalue weighted by atomic mass is 10.2. The van der Waals surface area contributed by atoms with Crippen LogP contribution in [0, 0.1) is 12.7 Å². The lowest BCUT2D eigenvalue weighted by Crippen LogP contribution is -2.06. The number of rotatable bonds is 3. The fourth-order valence-electron chi connectivity index (χ4n) is 1.16. The number of aliphatic imine (C=N–C) groups is 1. The van der Waals surface area contributed by atoms with Gasteiger partial charge in [0.2, 0.25) is 6.08 Å². The lowest BCUT2D eigenvalue weighted by Gasteiger charge is -2.12. The normalized spacial score (nSPS) is 9.93. The van der Waals surface area contributed by atoms with Crippen molar-refractivity contribution in [1.82, 2.24) is 0 Å². The number of halogens is 1. The van der Waals surface area contributed by atoms with E-state index in [1.54, 1.807) is 6.92 Å². The first-order valence-electron chi connectivity index (χ1n) is 4.59. The number of nitrogens with zero attached hydrogens (tertiary/aromatic N) is 1. The fraction of sp³-hybridized carbons (Fsp3) is 0.364. The summed E-state index contributed by atoms with van der Waals surface area (Å²) in [6, 6.07) is 2.68. The molecule has 0 atom stereocenters. The summed E-state index contributed by atoms with van der Waals surface area (Å²) >= 11 is 0. The highest BCUT2D eigenvalue weighted by atomic mass is 19.1. The van der Waals surface area contributed by atoms with Gasteiger partial charge in [-0.3, -0.25) is 0 Å². The van der Waals surface area contributed by atoms with Crippen molar-refractivity contribution in [2.75, 3.05) is 0 Å². The van der Waals surface area contributed by atoms with Gasteiger partial charge in [0.05, 0.1) is 6.10 Å². The van der Waals surface area contributed by atoms with Crippen LogP contribution in [-0.4, -0.2) is 12.2 Å². The monoisotopic (exact) mass is 209 g/mol. The van der Waals surface area contributed by atoms with E-state index in [9.17, 15) is 9.18 Å². The summed E-state index contributed by atoms with van der Waals surface area (Å²) in [6.07, 6.45) is 1.29. The summed E-state index contributed by atoms with van der Waals surface area (Å²) in [4.78, 5) is 13.3. The standard InChI is InChI=1S/C11H12FNO2/c1-7(2)15-11-5-10(13-6-14)9(12)4-8(11)3/h4-5,7H,1-3H3. The van der Waals surface area contributed by atoms with Crippen LogP contribution in [0.4, 0.5) is 10.1 Å². The smallest absolute Gasteiger partial charge is 0.240 e. The molecule has 0 aromatic heterocycles. The van der Waals surface area contributed by atoms with Gasteiger partial charge in [0.15, 0.2) is 0 Å². The molecule has 0 N–H and O–H groups in total. The number of hydrogen-bond donors (Lipinski definition) is 0. The van der Waals surface area contributed by atoms with E-state index in [0.29, 0.717) is 11.3 Å². The van der Waals surface area contributed by atoms with Gasteiger partial charge in [-0.05, 0) is 32.4 Å². The summed E-state index contributed by atoms with van der Waals surface area (Å²) in [5, 5.41) is 0. The predicted octanol–water partition coefficient (Wildman–Crippen LogP) is 2.89. The Kier molecular flexibility index (Phi) is 3.58. The minimum Gasteiger partial charge on any atom is -0.491 e. The molecular weight excluding hydrogens is 197 g/mol. The second-order valence-electron chi connectivity index (χ2n) is 3.44. The molecular formula is C11H12FNO2. The maximum Gasteiger partial charge on any atom is 0.240 e. The van der Waals surface area contributed by atoms with Crippen LogP contribution in [0.15, 0.2) is 17.1 Å². The Labute approximate surface area is 87.6 Å². The van der Waals surface area contributed by atoms with Crippen LogP contribution in [-0.2, 0) is 4.79 Å². The molecule has 1 aromatic carbocycles. The van der Waals surface area contributed by atoms with Gasteiger partial charge < -0.3 is 4.74 Å². The molecule has 0 fully saturated rings. The first-order chi connectivity index (χ1) is 7.04. The average molecular weight is 209 g/mol. The van der Waals surface area contributed by atoms with Gasteiger partial charge in [-0.2, -0.15) is 4.99 Å². The molecule has 4 heteroatoms. The zero-order chi connectivity index (χ0) is 11.4. The zero-order valence-electron chi connectivity index (χ0n) is 8.87. The Hall–Kier alpha value is -1.67. The molecule has 0 heterocycles. The highest BCUT2D eigenvalue weighted by Gasteiger charge is 2.08. The van der Waals surface area contributed by atoms with Crippen molar-refractivity contribution < 1.29 is 13.9 Å². The van der Waals surface area contributed by atoms with Crippen LogP contribution >= 0.6 is 0 Å². The average Bonchev–Trinajstić information content (AvgIpc) is 2.12. The third-order valence-electron chi connectivity index (χ3n) is 1.77. The van der Waals surface area contributed by atoms with E-state index in [1.165, 1.54) is 18.2 Å². The van der Waals surface area contributed by atoms with Crippen molar-refractivity contribution in [2.45, 2.75) is 26.9 Å². The summed E-state index contributed by atoms with van der Waals surface area (Å²) in [7, 11) is 0. The van der Waals surface area contributed by atoms with Gasteiger partial charge in [0.1, 0.15) is 17.3 Å². The number of ether oxygens (including phenoxy) is 1. The van der Waals surface area contributed by atoms with Crippen molar-refractivity contribution in [3.8, 4) is 5.75 Å². The highest BCUT2D eigenvalue weighted by molar-refractivity contribution is 5.54. The van der Waals surface area contributed by atoms with E-state index in [2.05, 4.69) is 4.99 Å². The molecule has 0 radical (unpaired) electrons. The topological polar surface area (TPSA) is 38.7 Å². The van der Waals surface area contributed by atoms with Gasteiger partial charge in [0, 0.05) is 6.07 Å². The van der Waals surface area contributed by atoms with Gasteiger partial charge >= 0.3 is 0 Å². The van der Waals surface area contributed by atoms with E-state index >= 15 is 0 Å². The number of isocyanates is 1. The first kappa shape index (κ1) is 11.4. The van der Waals surface area contributed by atoms with Gasteiger partial charge in [0.25, 0.3) is 0 Å². The summed E-state index contributed by atoms with van der Waals surface area (Å²) in [5.74, 6) is -0.0210. The molecule has 1 aromatic rings. The molecule has 0 aliphatic carbocycles. The molecule has 0 aliphatic rings. The largest absolute Gasteiger partial charge is 0.491 e. The fourth-order valence-corrected chi connectivity index (χ4v) is 1.16. The molecule has 80 valence electrons. The van der Waals surface area contributed by atoms with Crippen LogP contribution in [0.25, 0.3) is 0 Å². The van der Waals surface area contributed by atoms with E-state index in [-0.39, 0.29) is 11.8 Å². The van der Waals surface area contributed by atoms with Crippen LogP contribution in [0.5, 0.6) is 5.75 Å². The van der Waals surface area contributed by atoms with Crippen molar-refractivity contribution in [2.24, 2.45) is 4.99 Å². The quantitative estimate of drug-likeness (QED) is 0.567. The summed E-state index contributed by atoms with van der Waals surface area (Å²) in [6.45, 7) is 5.46. The van der Waals surface area contributed by atoms with Crippen LogP contribution in [0.2, 0.25) is 0 Å². The number of aryl methyl sites for hydroxylation is 1. The van der Waals surface area contributed by atoms with E-state index in [0.717, 1.165) is 0 Å². The Morgan fingerprint density at radius 1 is 1.47 bits per heavy atom. The molecule has 0 saturated heterocycles. The molecule has 0 unspecified atom stereocenters. The molecule has 0 amide bonds. The minimum atomic E-state index is -0.549. The Balaban J connectivity index is 3.16. The van der Waals surface area contributed by atoms with Crippen molar-refractivity contribution >= 4 is 11.8 Å². The maximum absolute atomic E-state index is 13.2. The lowest BCUT2D eigenvalue weighted by molar-refractivity contribution is 0.240. The van der Waals surface area contributed by atoms with Crippen LogP contribution in [0.3, 0.4) is 0 Å². The molecule has 0 saturated carbocycles. The molecule has 15 heavy (non-hydrogen) atoms. The SMILES string of the molecule is Cc1cc(F)c(N=C=O)cc1OC(C)C. The van der Waals surface area contributed by atoms with E-state index < -0.39 is 5.82 Å².